The first-order valence-corrected chi connectivity index (χ1v) is 5.22. The molecule has 0 saturated heterocycles. The van der Waals surface area contributed by atoms with Gasteiger partial charge in [-0.15, -0.1) is 11.3 Å². The Kier molecular flexibility index (Phi) is 3.76. The zero-order valence-corrected chi connectivity index (χ0v) is 8.58. The fourth-order valence-electron chi connectivity index (χ4n) is 1.36. The molecule has 0 atom stereocenters. The summed E-state index contributed by atoms with van der Waals surface area (Å²) in [6.45, 7) is 4.64. The van der Waals surface area contributed by atoms with Gasteiger partial charge < -0.3 is 5.11 Å². The van der Waals surface area contributed by atoms with E-state index in [1.165, 1.54) is 15.3 Å². The van der Waals surface area contributed by atoms with Gasteiger partial charge in [0.1, 0.15) is 0 Å². The van der Waals surface area contributed by atoms with Gasteiger partial charge in [0.05, 0.1) is 0 Å². The lowest BCUT2D eigenvalue weighted by Gasteiger charge is -1.97. The summed E-state index contributed by atoms with van der Waals surface area (Å²) in [6.07, 6.45) is 3.15. The van der Waals surface area contributed by atoms with Crippen molar-refractivity contribution < 1.29 is 5.11 Å². The van der Waals surface area contributed by atoms with E-state index in [0.29, 0.717) is 6.61 Å². The molecule has 0 aromatic carbocycles. The molecule has 68 valence electrons. The number of unbranched alkanes of at least 4 members (excludes halogenated alkanes) is 1. The van der Waals surface area contributed by atoms with Crippen molar-refractivity contribution in [2.24, 2.45) is 0 Å². The first-order chi connectivity index (χ1) is 5.74. The van der Waals surface area contributed by atoms with Crippen LogP contribution in [0.5, 0.6) is 0 Å². The second kappa shape index (κ2) is 4.63. The second-order valence-electron chi connectivity index (χ2n) is 3.12. The average Bonchev–Trinajstić information content (AvgIpc) is 2.31. The predicted octanol–water partition coefficient (Wildman–Crippen LogP) is 2.68. The Morgan fingerprint density at radius 2 is 2.08 bits per heavy atom. The summed E-state index contributed by atoms with van der Waals surface area (Å²) < 4.78 is 0. The molecule has 0 bridgehead atoms. The lowest BCUT2D eigenvalue weighted by Crippen LogP contribution is -1.87. The molecule has 2 heteroatoms. The van der Waals surface area contributed by atoms with Gasteiger partial charge >= 0.3 is 0 Å². The summed E-state index contributed by atoms with van der Waals surface area (Å²) in [5.41, 5.74) is 1.46. The Morgan fingerprint density at radius 1 is 1.33 bits per heavy atom. The summed E-state index contributed by atoms with van der Waals surface area (Å²) in [5.74, 6) is 0. The molecule has 12 heavy (non-hydrogen) atoms. The van der Waals surface area contributed by atoms with E-state index in [9.17, 15) is 0 Å². The van der Waals surface area contributed by atoms with E-state index >= 15 is 0 Å². The Labute approximate surface area is 78.1 Å². The number of aryl methyl sites for hydroxylation is 3. The van der Waals surface area contributed by atoms with E-state index in [1.54, 1.807) is 0 Å². The number of hydrogen-bond donors (Lipinski definition) is 1. The zero-order chi connectivity index (χ0) is 8.97. The predicted molar refractivity (Wildman–Crippen MR) is 53.8 cm³/mol. The largest absolute Gasteiger partial charge is 0.396 e. The summed E-state index contributed by atoms with van der Waals surface area (Å²) in [5, 5.41) is 8.62. The summed E-state index contributed by atoms with van der Waals surface area (Å²) in [7, 11) is 0. The third-order valence-corrected chi connectivity index (χ3v) is 3.01. The quantitative estimate of drug-likeness (QED) is 0.713. The topological polar surface area (TPSA) is 20.2 Å². The fraction of sp³-hybridized carbons (Fsp3) is 0.600. The molecule has 0 saturated carbocycles. The highest BCUT2D eigenvalue weighted by atomic mass is 32.1. The van der Waals surface area contributed by atoms with Crippen LogP contribution in [0, 0.1) is 13.8 Å². The average molecular weight is 184 g/mol. The molecule has 1 N–H and O–H groups in total. The molecular weight excluding hydrogens is 168 g/mol. The minimum absolute atomic E-state index is 0.322. The van der Waals surface area contributed by atoms with Crippen LogP contribution in [0.3, 0.4) is 0 Å². The zero-order valence-electron chi connectivity index (χ0n) is 7.76. The maximum absolute atomic E-state index is 8.62. The lowest BCUT2D eigenvalue weighted by molar-refractivity contribution is 0.284. The number of aliphatic hydroxyl groups excluding tert-OH is 1. The third kappa shape index (κ3) is 2.61. The van der Waals surface area contributed by atoms with Crippen LogP contribution in [-0.4, -0.2) is 11.7 Å². The van der Waals surface area contributed by atoms with Gasteiger partial charge in [-0.05, 0) is 44.7 Å². The van der Waals surface area contributed by atoms with Crippen LogP contribution in [0.2, 0.25) is 0 Å². The van der Waals surface area contributed by atoms with Crippen LogP contribution in [0.1, 0.15) is 28.2 Å². The van der Waals surface area contributed by atoms with Gasteiger partial charge in [-0.1, -0.05) is 0 Å². The molecular formula is C10H16OS. The van der Waals surface area contributed by atoms with E-state index < -0.39 is 0 Å². The highest BCUT2D eigenvalue weighted by molar-refractivity contribution is 7.12. The van der Waals surface area contributed by atoms with Crippen LogP contribution < -0.4 is 0 Å². The van der Waals surface area contributed by atoms with Crippen molar-refractivity contribution in [3.8, 4) is 0 Å². The normalized spacial score (nSPS) is 10.6. The highest BCUT2D eigenvalue weighted by Gasteiger charge is 2.01. The van der Waals surface area contributed by atoms with Crippen molar-refractivity contribution in [1.82, 2.24) is 0 Å². The standard InChI is InChI=1S/C10H16OS/c1-8-7-10(9(2)12-8)5-3-4-6-11/h7,11H,3-6H2,1-2H3. The third-order valence-electron chi connectivity index (χ3n) is 2.00. The molecule has 0 aliphatic carbocycles. The molecule has 1 rings (SSSR count). The van der Waals surface area contributed by atoms with Crippen molar-refractivity contribution >= 4 is 11.3 Å². The van der Waals surface area contributed by atoms with Gasteiger partial charge in [-0.25, -0.2) is 0 Å². The van der Waals surface area contributed by atoms with E-state index in [0.717, 1.165) is 19.3 Å². The maximum Gasteiger partial charge on any atom is 0.0431 e. The maximum atomic E-state index is 8.62. The number of thiophene rings is 1. The van der Waals surface area contributed by atoms with Crippen LogP contribution in [0.4, 0.5) is 0 Å². The number of rotatable bonds is 4. The molecule has 0 spiro atoms. The van der Waals surface area contributed by atoms with Crippen LogP contribution in [0.15, 0.2) is 6.07 Å². The summed E-state index contributed by atoms with van der Waals surface area (Å²) >= 11 is 1.86. The van der Waals surface area contributed by atoms with Gasteiger partial charge in [0.25, 0.3) is 0 Å². The van der Waals surface area contributed by atoms with E-state index in [-0.39, 0.29) is 0 Å². The SMILES string of the molecule is Cc1cc(CCCCO)c(C)s1. The molecule has 0 amide bonds. The van der Waals surface area contributed by atoms with E-state index in [2.05, 4.69) is 19.9 Å². The smallest absolute Gasteiger partial charge is 0.0431 e. The Hall–Kier alpha value is -0.340. The van der Waals surface area contributed by atoms with Crippen LogP contribution >= 0.6 is 11.3 Å². The molecule has 1 aromatic rings. The van der Waals surface area contributed by atoms with Crippen molar-refractivity contribution in [3.63, 3.8) is 0 Å². The van der Waals surface area contributed by atoms with E-state index in [1.807, 2.05) is 11.3 Å². The molecule has 0 radical (unpaired) electrons. The van der Waals surface area contributed by atoms with Crippen molar-refractivity contribution in [3.05, 3.63) is 21.4 Å². The number of aliphatic hydroxyl groups is 1. The van der Waals surface area contributed by atoms with Crippen LogP contribution in [0.25, 0.3) is 0 Å². The minimum atomic E-state index is 0.322. The Morgan fingerprint density at radius 3 is 2.58 bits per heavy atom. The fourth-order valence-corrected chi connectivity index (χ4v) is 2.34. The highest BCUT2D eigenvalue weighted by Crippen LogP contribution is 2.21. The van der Waals surface area contributed by atoms with Gasteiger partial charge in [-0.3, -0.25) is 0 Å². The monoisotopic (exact) mass is 184 g/mol. The summed E-state index contributed by atoms with van der Waals surface area (Å²) in [4.78, 5) is 2.83. The molecule has 1 aromatic heterocycles. The van der Waals surface area contributed by atoms with Gasteiger partial charge in [-0.2, -0.15) is 0 Å². The van der Waals surface area contributed by atoms with Gasteiger partial charge in [0.2, 0.25) is 0 Å². The molecule has 1 nitrogen and oxygen atoms in total. The molecule has 0 fully saturated rings. The minimum Gasteiger partial charge on any atom is -0.396 e. The lowest BCUT2D eigenvalue weighted by atomic mass is 10.1. The molecule has 0 aliphatic heterocycles. The van der Waals surface area contributed by atoms with Gasteiger partial charge in [0.15, 0.2) is 0 Å². The van der Waals surface area contributed by atoms with Crippen molar-refractivity contribution in [2.45, 2.75) is 33.1 Å². The molecule has 0 aliphatic rings. The van der Waals surface area contributed by atoms with Crippen LogP contribution in [-0.2, 0) is 6.42 Å². The second-order valence-corrected chi connectivity index (χ2v) is 4.58. The van der Waals surface area contributed by atoms with E-state index in [4.69, 9.17) is 5.11 Å². The van der Waals surface area contributed by atoms with Crippen molar-refractivity contribution in [1.29, 1.82) is 0 Å². The van der Waals surface area contributed by atoms with Crippen molar-refractivity contribution in [2.75, 3.05) is 6.61 Å². The first kappa shape index (κ1) is 9.75. The Bertz CT molecular complexity index is 240. The molecule has 0 unspecified atom stereocenters. The van der Waals surface area contributed by atoms with Gasteiger partial charge in [0, 0.05) is 16.4 Å². The number of hydrogen-bond acceptors (Lipinski definition) is 2. The summed E-state index contributed by atoms with van der Waals surface area (Å²) in [6, 6.07) is 2.26. The molecule has 1 heterocycles. The first-order valence-electron chi connectivity index (χ1n) is 4.41. The Balaban J connectivity index is 2.45.